The van der Waals surface area contributed by atoms with Gasteiger partial charge in [-0.15, -0.1) is 0 Å². The standard InChI is InChI=1S/C9H7IO/c10-9(7-11)6-8-4-2-1-3-5-8/h1-5H,6H2. The van der Waals surface area contributed by atoms with E-state index in [1.165, 1.54) is 0 Å². The molecule has 0 heterocycles. The van der Waals surface area contributed by atoms with E-state index in [0.29, 0.717) is 10.0 Å². The van der Waals surface area contributed by atoms with Gasteiger partial charge in [-0.3, -0.25) is 0 Å². The molecule has 0 saturated carbocycles. The van der Waals surface area contributed by atoms with Gasteiger partial charge in [0.25, 0.3) is 0 Å². The van der Waals surface area contributed by atoms with E-state index in [2.05, 4.69) is 0 Å². The zero-order valence-electron chi connectivity index (χ0n) is 5.88. The van der Waals surface area contributed by atoms with Gasteiger partial charge in [0.15, 0.2) is 0 Å². The van der Waals surface area contributed by atoms with Crippen molar-refractivity contribution in [1.82, 2.24) is 0 Å². The predicted octanol–water partition coefficient (Wildman–Crippen LogP) is 2.38. The second-order valence-electron chi connectivity index (χ2n) is 2.17. The van der Waals surface area contributed by atoms with Crippen LogP contribution in [-0.4, -0.2) is 5.94 Å². The Labute approximate surface area is 79.3 Å². The van der Waals surface area contributed by atoms with Crippen LogP contribution >= 0.6 is 22.6 Å². The maximum Gasteiger partial charge on any atom is 0.134 e. The average molecular weight is 258 g/mol. The van der Waals surface area contributed by atoms with E-state index in [4.69, 9.17) is 0 Å². The Hall–Kier alpha value is -0.600. The van der Waals surface area contributed by atoms with Gasteiger partial charge in [-0.1, -0.05) is 30.3 Å². The first-order chi connectivity index (χ1) is 5.33. The van der Waals surface area contributed by atoms with Gasteiger partial charge in [-0.05, 0) is 28.2 Å². The topological polar surface area (TPSA) is 17.1 Å². The summed E-state index contributed by atoms with van der Waals surface area (Å²) in [6, 6.07) is 9.88. The molecule has 1 aromatic carbocycles. The Balaban J connectivity index is 2.73. The van der Waals surface area contributed by atoms with Crippen molar-refractivity contribution >= 4 is 28.5 Å². The van der Waals surface area contributed by atoms with E-state index in [0.717, 1.165) is 5.56 Å². The van der Waals surface area contributed by atoms with Crippen molar-refractivity contribution in [3.8, 4) is 0 Å². The molecule has 0 amide bonds. The van der Waals surface area contributed by atoms with Crippen molar-refractivity contribution in [2.24, 2.45) is 0 Å². The molecule has 0 spiro atoms. The lowest BCUT2D eigenvalue weighted by Crippen LogP contribution is -1.82. The second kappa shape index (κ2) is 4.31. The number of carbonyl (C=O) groups excluding carboxylic acids is 1. The molecule has 2 heteroatoms. The molecule has 0 aliphatic carbocycles. The molecule has 1 aromatic rings. The Morgan fingerprint density at radius 3 is 2.55 bits per heavy atom. The van der Waals surface area contributed by atoms with Gasteiger partial charge in [0, 0.05) is 6.42 Å². The van der Waals surface area contributed by atoms with E-state index < -0.39 is 0 Å². The third-order valence-corrected chi connectivity index (χ3v) is 1.91. The molecule has 0 N–H and O–H groups in total. The monoisotopic (exact) mass is 258 g/mol. The number of halogens is 1. The average Bonchev–Trinajstić information content (AvgIpc) is 2.06. The highest BCUT2D eigenvalue weighted by molar-refractivity contribution is 14.1. The number of hydrogen-bond donors (Lipinski definition) is 0. The summed E-state index contributed by atoms with van der Waals surface area (Å²) < 4.78 is 0.716. The van der Waals surface area contributed by atoms with Crippen LogP contribution in [0, 0.1) is 0 Å². The zero-order valence-corrected chi connectivity index (χ0v) is 8.04. The molecule has 0 saturated heterocycles. The molecule has 11 heavy (non-hydrogen) atoms. The van der Waals surface area contributed by atoms with Gasteiger partial charge in [-0.25, -0.2) is 4.79 Å². The summed E-state index contributed by atoms with van der Waals surface area (Å²) in [4.78, 5) is 10.1. The Morgan fingerprint density at radius 1 is 1.36 bits per heavy atom. The van der Waals surface area contributed by atoms with Crippen LogP contribution in [0.5, 0.6) is 0 Å². The summed E-state index contributed by atoms with van der Waals surface area (Å²) in [5.41, 5.74) is 1.15. The first-order valence-corrected chi connectivity index (χ1v) is 4.34. The fourth-order valence-electron chi connectivity index (χ4n) is 0.811. The molecule has 0 radical (unpaired) electrons. The summed E-state index contributed by atoms with van der Waals surface area (Å²) in [6.45, 7) is 0. The number of benzene rings is 1. The second-order valence-corrected chi connectivity index (χ2v) is 3.47. The molecule has 1 rings (SSSR count). The van der Waals surface area contributed by atoms with Crippen LogP contribution in [0.2, 0.25) is 0 Å². The normalized spacial score (nSPS) is 8.82. The fourth-order valence-corrected chi connectivity index (χ4v) is 1.25. The van der Waals surface area contributed by atoms with Gasteiger partial charge in [0.05, 0.1) is 3.58 Å². The largest absolute Gasteiger partial charge is 0.233 e. The van der Waals surface area contributed by atoms with Gasteiger partial charge in [0.1, 0.15) is 5.94 Å². The van der Waals surface area contributed by atoms with Crippen LogP contribution < -0.4 is 0 Å². The summed E-state index contributed by atoms with van der Waals surface area (Å²) in [6.07, 6.45) is 0.699. The van der Waals surface area contributed by atoms with Crippen LogP contribution in [0.4, 0.5) is 0 Å². The van der Waals surface area contributed by atoms with Gasteiger partial charge in [0.2, 0.25) is 0 Å². The van der Waals surface area contributed by atoms with Gasteiger partial charge < -0.3 is 0 Å². The molecule has 1 nitrogen and oxygen atoms in total. The molecule has 56 valence electrons. The minimum Gasteiger partial charge on any atom is -0.233 e. The molecule has 0 aliphatic rings. The minimum absolute atomic E-state index is 0.699. The highest BCUT2D eigenvalue weighted by atomic mass is 127. The SMILES string of the molecule is O=C=C(I)Cc1ccccc1. The summed E-state index contributed by atoms with van der Waals surface area (Å²) in [7, 11) is 0. The molecule has 0 bridgehead atoms. The van der Waals surface area contributed by atoms with Crippen molar-refractivity contribution in [3.63, 3.8) is 0 Å². The first kappa shape index (κ1) is 8.50. The molecule has 0 atom stereocenters. The van der Waals surface area contributed by atoms with Crippen molar-refractivity contribution in [3.05, 3.63) is 39.5 Å². The van der Waals surface area contributed by atoms with E-state index in [-0.39, 0.29) is 0 Å². The van der Waals surface area contributed by atoms with Crippen molar-refractivity contribution in [2.75, 3.05) is 0 Å². The van der Waals surface area contributed by atoms with Crippen molar-refractivity contribution in [1.29, 1.82) is 0 Å². The minimum atomic E-state index is 0.699. The molecule has 0 unspecified atom stereocenters. The smallest absolute Gasteiger partial charge is 0.134 e. The maximum absolute atomic E-state index is 10.1. The highest BCUT2D eigenvalue weighted by Gasteiger charge is 1.93. The van der Waals surface area contributed by atoms with Crippen molar-refractivity contribution in [2.45, 2.75) is 6.42 Å². The zero-order chi connectivity index (χ0) is 8.10. The van der Waals surface area contributed by atoms with Crippen LogP contribution in [0.1, 0.15) is 5.56 Å². The Morgan fingerprint density at radius 2 is 2.00 bits per heavy atom. The van der Waals surface area contributed by atoms with Crippen LogP contribution in [0.25, 0.3) is 0 Å². The van der Waals surface area contributed by atoms with E-state index >= 15 is 0 Å². The lowest BCUT2D eigenvalue weighted by molar-refractivity contribution is 0.568. The predicted molar refractivity (Wildman–Crippen MR) is 53.4 cm³/mol. The first-order valence-electron chi connectivity index (χ1n) is 3.26. The van der Waals surface area contributed by atoms with Crippen molar-refractivity contribution < 1.29 is 4.79 Å². The van der Waals surface area contributed by atoms with Crippen LogP contribution in [0.3, 0.4) is 0 Å². The Bertz CT molecular complexity index is 273. The number of allylic oxidation sites excluding steroid dienone is 1. The highest BCUT2D eigenvalue weighted by Crippen LogP contribution is 2.10. The molecule has 0 fully saturated rings. The van der Waals surface area contributed by atoms with Crippen LogP contribution in [-0.2, 0) is 11.2 Å². The maximum atomic E-state index is 10.1. The lowest BCUT2D eigenvalue weighted by atomic mass is 10.2. The van der Waals surface area contributed by atoms with Crippen LogP contribution in [0.15, 0.2) is 33.9 Å². The molecular weight excluding hydrogens is 251 g/mol. The molecule has 0 aliphatic heterocycles. The van der Waals surface area contributed by atoms with E-state index in [9.17, 15) is 4.79 Å². The summed E-state index contributed by atoms with van der Waals surface area (Å²) in [5.74, 6) is 1.87. The Kier molecular flexibility index (Phi) is 3.33. The lowest BCUT2D eigenvalue weighted by Gasteiger charge is -1.94. The van der Waals surface area contributed by atoms with E-state index in [1.807, 2.05) is 58.9 Å². The fraction of sp³-hybridized carbons (Fsp3) is 0.111. The van der Waals surface area contributed by atoms with Gasteiger partial charge >= 0.3 is 0 Å². The number of rotatable bonds is 2. The number of hydrogen-bond acceptors (Lipinski definition) is 1. The third-order valence-electron chi connectivity index (χ3n) is 1.31. The summed E-state index contributed by atoms with van der Waals surface area (Å²) in [5, 5.41) is 0. The quantitative estimate of drug-likeness (QED) is 0.588. The van der Waals surface area contributed by atoms with E-state index in [1.54, 1.807) is 0 Å². The molecule has 0 aromatic heterocycles. The summed E-state index contributed by atoms with van der Waals surface area (Å²) >= 11 is 2.00. The van der Waals surface area contributed by atoms with Gasteiger partial charge in [-0.2, -0.15) is 0 Å². The third kappa shape index (κ3) is 2.87. The molecular formula is C9H7IO.